The number of rotatable bonds is 6. The summed E-state index contributed by atoms with van der Waals surface area (Å²) in [5, 5.41) is 0. The lowest BCUT2D eigenvalue weighted by Crippen LogP contribution is -2.46. The van der Waals surface area contributed by atoms with Gasteiger partial charge in [-0.15, -0.1) is 0 Å². The molecule has 0 aliphatic carbocycles. The molecule has 2 N–H and O–H groups in total. The molecule has 1 atom stereocenters. The summed E-state index contributed by atoms with van der Waals surface area (Å²) in [5.41, 5.74) is 7.36. The second-order valence-corrected chi connectivity index (χ2v) is 7.93. The number of hydrogen-bond donors (Lipinski definition) is 2. The highest BCUT2D eigenvalue weighted by Gasteiger charge is 2.31. The molecule has 6 heteroatoms. The van der Waals surface area contributed by atoms with E-state index in [1.807, 2.05) is 4.90 Å². The maximum atomic E-state index is 13.2. The Morgan fingerprint density at radius 2 is 1.88 bits per heavy atom. The number of hydrogen-bond acceptors (Lipinski definition) is 4. The van der Waals surface area contributed by atoms with Crippen molar-refractivity contribution in [2.45, 2.75) is 39.3 Å². The van der Waals surface area contributed by atoms with Gasteiger partial charge in [-0.25, -0.2) is 4.39 Å². The molecule has 3 rings (SSSR count). The molecule has 26 heavy (non-hydrogen) atoms. The number of benzene rings is 1. The molecule has 5 nitrogen and oxygen atoms in total. The third-order valence-corrected chi connectivity index (χ3v) is 5.60. The van der Waals surface area contributed by atoms with Crippen molar-refractivity contribution in [2.75, 3.05) is 32.7 Å². The maximum Gasteiger partial charge on any atom is 0.224 e. The highest BCUT2D eigenvalue weighted by atomic mass is 19.1. The van der Waals surface area contributed by atoms with Crippen LogP contribution in [-0.4, -0.2) is 54.5 Å². The molecule has 144 valence electrons. The summed E-state index contributed by atoms with van der Waals surface area (Å²) in [4.78, 5) is 17.3. The summed E-state index contributed by atoms with van der Waals surface area (Å²) in [6.45, 7) is 9.76. The van der Waals surface area contributed by atoms with Crippen LogP contribution in [0.25, 0.3) is 0 Å². The standard InChI is InChI=1S/C20H31FN4O/c1-15(2)19-14-24(9-7-17-11-22-23-12-17)10-8-20(26)25(19)13-16-3-5-18(21)6-4-16/h3-6,15,17,19,22-23H,7-14H2,1-2H3. The third-order valence-electron chi connectivity index (χ3n) is 5.60. The zero-order valence-corrected chi connectivity index (χ0v) is 15.9. The number of carbonyl (C=O) groups is 1. The van der Waals surface area contributed by atoms with E-state index in [-0.39, 0.29) is 17.8 Å². The van der Waals surface area contributed by atoms with E-state index in [0.29, 0.717) is 24.8 Å². The fourth-order valence-electron chi connectivity index (χ4n) is 3.88. The van der Waals surface area contributed by atoms with Gasteiger partial charge in [-0.2, -0.15) is 0 Å². The Balaban J connectivity index is 1.65. The molecule has 0 saturated carbocycles. The zero-order chi connectivity index (χ0) is 18.5. The smallest absolute Gasteiger partial charge is 0.224 e. The predicted octanol–water partition coefficient (Wildman–Crippen LogP) is 2.00. The first-order chi connectivity index (χ1) is 12.5. The van der Waals surface area contributed by atoms with Crippen LogP contribution in [0, 0.1) is 17.7 Å². The van der Waals surface area contributed by atoms with Crippen molar-refractivity contribution in [3.05, 3.63) is 35.6 Å². The first kappa shape index (κ1) is 19.3. The Kier molecular flexibility index (Phi) is 6.62. The van der Waals surface area contributed by atoms with Crippen LogP contribution in [0.4, 0.5) is 4.39 Å². The van der Waals surface area contributed by atoms with Crippen LogP contribution < -0.4 is 10.9 Å². The minimum absolute atomic E-state index is 0.190. The fraction of sp³-hybridized carbons (Fsp3) is 0.650. The van der Waals surface area contributed by atoms with E-state index >= 15 is 0 Å². The van der Waals surface area contributed by atoms with E-state index in [0.717, 1.165) is 44.7 Å². The van der Waals surface area contributed by atoms with Gasteiger partial charge < -0.3 is 9.80 Å². The molecule has 0 aromatic heterocycles. The van der Waals surface area contributed by atoms with Crippen LogP contribution in [0.1, 0.15) is 32.3 Å². The first-order valence-electron chi connectivity index (χ1n) is 9.75. The van der Waals surface area contributed by atoms with E-state index in [4.69, 9.17) is 0 Å². The molecule has 1 aromatic rings. The Hall–Kier alpha value is -1.50. The average molecular weight is 362 g/mol. The van der Waals surface area contributed by atoms with Gasteiger partial charge in [0.1, 0.15) is 5.82 Å². The minimum atomic E-state index is -0.238. The zero-order valence-electron chi connectivity index (χ0n) is 15.9. The molecule has 2 aliphatic heterocycles. The molecule has 1 aromatic carbocycles. The largest absolute Gasteiger partial charge is 0.334 e. The van der Waals surface area contributed by atoms with Crippen molar-refractivity contribution < 1.29 is 9.18 Å². The summed E-state index contributed by atoms with van der Waals surface area (Å²) >= 11 is 0. The predicted molar refractivity (Wildman–Crippen MR) is 101 cm³/mol. The van der Waals surface area contributed by atoms with Crippen LogP contribution in [-0.2, 0) is 11.3 Å². The van der Waals surface area contributed by atoms with Crippen LogP contribution in [0.2, 0.25) is 0 Å². The van der Waals surface area contributed by atoms with Crippen molar-refractivity contribution in [1.29, 1.82) is 0 Å². The van der Waals surface area contributed by atoms with Crippen molar-refractivity contribution in [2.24, 2.45) is 11.8 Å². The molecular weight excluding hydrogens is 331 g/mol. The summed E-state index contributed by atoms with van der Waals surface area (Å²) in [7, 11) is 0. The van der Waals surface area contributed by atoms with Crippen molar-refractivity contribution in [3.63, 3.8) is 0 Å². The van der Waals surface area contributed by atoms with E-state index in [1.54, 1.807) is 12.1 Å². The molecule has 2 saturated heterocycles. The number of halogens is 1. The van der Waals surface area contributed by atoms with Gasteiger partial charge in [-0.05, 0) is 42.5 Å². The van der Waals surface area contributed by atoms with E-state index in [2.05, 4.69) is 29.6 Å². The van der Waals surface area contributed by atoms with Gasteiger partial charge in [-0.1, -0.05) is 26.0 Å². The average Bonchev–Trinajstić information content (AvgIpc) is 3.08. The van der Waals surface area contributed by atoms with Gasteiger partial charge in [0.25, 0.3) is 0 Å². The van der Waals surface area contributed by atoms with Gasteiger partial charge in [0.2, 0.25) is 5.91 Å². The minimum Gasteiger partial charge on any atom is -0.334 e. The molecule has 2 fully saturated rings. The van der Waals surface area contributed by atoms with E-state index < -0.39 is 0 Å². The molecule has 2 aliphatic rings. The molecule has 0 spiro atoms. The topological polar surface area (TPSA) is 47.6 Å². The van der Waals surface area contributed by atoms with Gasteiger partial charge in [-0.3, -0.25) is 15.6 Å². The number of nitrogens with zero attached hydrogens (tertiary/aromatic N) is 2. The molecular formula is C20H31FN4O. The summed E-state index contributed by atoms with van der Waals surface area (Å²) in [6.07, 6.45) is 1.71. The van der Waals surface area contributed by atoms with Gasteiger partial charge in [0.15, 0.2) is 0 Å². The number of amides is 1. The molecule has 1 amide bonds. The van der Waals surface area contributed by atoms with Gasteiger partial charge in [0, 0.05) is 45.2 Å². The highest BCUT2D eigenvalue weighted by Crippen LogP contribution is 2.22. The number of nitrogens with one attached hydrogen (secondary N) is 2. The molecule has 0 radical (unpaired) electrons. The summed E-state index contributed by atoms with van der Waals surface area (Å²) < 4.78 is 13.2. The summed E-state index contributed by atoms with van der Waals surface area (Å²) in [5.74, 6) is 1.02. The summed E-state index contributed by atoms with van der Waals surface area (Å²) in [6, 6.07) is 6.69. The molecule has 1 unspecified atom stereocenters. The third kappa shape index (κ3) is 5.02. The SMILES string of the molecule is CC(C)C1CN(CCC2CNNC2)CCC(=O)N1Cc1ccc(F)cc1. The lowest BCUT2D eigenvalue weighted by molar-refractivity contribution is -0.134. The number of carbonyl (C=O) groups excluding carboxylic acids is 1. The lowest BCUT2D eigenvalue weighted by Gasteiger charge is -2.35. The second kappa shape index (κ2) is 8.93. The van der Waals surface area contributed by atoms with Crippen molar-refractivity contribution in [1.82, 2.24) is 20.7 Å². The van der Waals surface area contributed by atoms with Crippen LogP contribution in [0.5, 0.6) is 0 Å². The Bertz CT molecular complexity index is 586. The van der Waals surface area contributed by atoms with E-state index in [1.165, 1.54) is 12.1 Å². The Morgan fingerprint density at radius 3 is 2.54 bits per heavy atom. The normalized spacial score (nSPS) is 23.0. The highest BCUT2D eigenvalue weighted by molar-refractivity contribution is 5.77. The number of hydrazine groups is 1. The Morgan fingerprint density at radius 1 is 1.19 bits per heavy atom. The van der Waals surface area contributed by atoms with Crippen molar-refractivity contribution in [3.8, 4) is 0 Å². The van der Waals surface area contributed by atoms with Crippen LogP contribution >= 0.6 is 0 Å². The first-order valence-corrected chi connectivity index (χ1v) is 9.75. The monoisotopic (exact) mass is 362 g/mol. The molecule has 2 heterocycles. The second-order valence-electron chi connectivity index (χ2n) is 7.93. The van der Waals surface area contributed by atoms with Crippen LogP contribution in [0.15, 0.2) is 24.3 Å². The van der Waals surface area contributed by atoms with Crippen LogP contribution in [0.3, 0.4) is 0 Å². The van der Waals surface area contributed by atoms with Gasteiger partial charge in [0.05, 0.1) is 0 Å². The maximum absolute atomic E-state index is 13.2. The van der Waals surface area contributed by atoms with E-state index in [9.17, 15) is 9.18 Å². The van der Waals surface area contributed by atoms with Gasteiger partial charge >= 0.3 is 0 Å². The fourth-order valence-corrected chi connectivity index (χ4v) is 3.88. The quantitative estimate of drug-likeness (QED) is 0.813. The molecule has 0 bridgehead atoms. The van der Waals surface area contributed by atoms with Crippen molar-refractivity contribution >= 4 is 5.91 Å². The Labute approximate surface area is 155 Å². The lowest BCUT2D eigenvalue weighted by atomic mass is 10.0.